The van der Waals surface area contributed by atoms with Crippen LogP contribution in [0.1, 0.15) is 29.3 Å². The molecule has 0 unspecified atom stereocenters. The number of amides is 2. The van der Waals surface area contributed by atoms with Crippen LogP contribution in [-0.2, 0) is 0 Å². The molecule has 0 bridgehead atoms. The van der Waals surface area contributed by atoms with Crippen molar-refractivity contribution in [3.05, 3.63) is 29.3 Å². The minimum atomic E-state index is -1.00. The van der Waals surface area contributed by atoms with Crippen molar-refractivity contribution in [2.24, 2.45) is 0 Å². The minimum Gasteiger partial charge on any atom is -0.478 e. The first kappa shape index (κ1) is 15.5. The van der Waals surface area contributed by atoms with Crippen LogP contribution >= 0.6 is 0 Å². The summed E-state index contributed by atoms with van der Waals surface area (Å²) in [7, 11) is 0. The highest BCUT2D eigenvalue weighted by atomic mass is 16.4. The Morgan fingerprint density at radius 1 is 1.45 bits per heavy atom. The molecule has 0 saturated heterocycles. The predicted molar refractivity (Wildman–Crippen MR) is 74.6 cm³/mol. The summed E-state index contributed by atoms with van der Waals surface area (Å²) in [4.78, 5) is 24.4. The van der Waals surface area contributed by atoms with Crippen molar-refractivity contribution in [3.8, 4) is 6.07 Å². The van der Waals surface area contributed by atoms with Crippen LogP contribution in [0.25, 0.3) is 0 Å². The molecule has 1 aromatic carbocycles. The molecule has 0 spiro atoms. The molecular formula is C14H17N3O3. The summed E-state index contributed by atoms with van der Waals surface area (Å²) in [5.74, 6) is -1.00. The quantitative estimate of drug-likeness (QED) is 0.863. The molecule has 0 atom stereocenters. The van der Waals surface area contributed by atoms with Gasteiger partial charge in [0.25, 0.3) is 0 Å². The van der Waals surface area contributed by atoms with Gasteiger partial charge in [0.1, 0.15) is 0 Å². The Labute approximate surface area is 117 Å². The third-order valence-corrected chi connectivity index (χ3v) is 2.88. The van der Waals surface area contributed by atoms with Gasteiger partial charge in [-0.2, -0.15) is 5.26 Å². The number of aryl methyl sites for hydroxylation is 1. The van der Waals surface area contributed by atoms with Crippen molar-refractivity contribution in [2.45, 2.75) is 20.3 Å². The van der Waals surface area contributed by atoms with Crippen molar-refractivity contribution in [2.75, 3.05) is 18.4 Å². The van der Waals surface area contributed by atoms with Crippen LogP contribution in [0.3, 0.4) is 0 Å². The SMILES string of the molecule is CCN(CCC#N)C(=O)Nc1ccc(C(=O)O)cc1C. The molecule has 1 rings (SSSR count). The number of carboxylic acid groups (broad SMARTS) is 1. The summed E-state index contributed by atoms with van der Waals surface area (Å²) < 4.78 is 0. The maximum Gasteiger partial charge on any atom is 0.335 e. The van der Waals surface area contributed by atoms with E-state index in [0.717, 1.165) is 0 Å². The summed E-state index contributed by atoms with van der Waals surface area (Å²) in [5, 5.41) is 20.1. The lowest BCUT2D eigenvalue weighted by atomic mass is 10.1. The van der Waals surface area contributed by atoms with Crippen LogP contribution in [-0.4, -0.2) is 35.1 Å². The number of hydrogen-bond donors (Lipinski definition) is 2. The molecule has 20 heavy (non-hydrogen) atoms. The normalized spacial score (nSPS) is 9.65. The van der Waals surface area contributed by atoms with E-state index in [9.17, 15) is 9.59 Å². The zero-order chi connectivity index (χ0) is 15.1. The number of urea groups is 1. The summed E-state index contributed by atoms with van der Waals surface area (Å²) >= 11 is 0. The molecule has 1 aromatic rings. The first-order valence-electron chi connectivity index (χ1n) is 6.26. The zero-order valence-corrected chi connectivity index (χ0v) is 11.5. The maximum absolute atomic E-state index is 12.0. The molecular weight excluding hydrogens is 258 g/mol. The third-order valence-electron chi connectivity index (χ3n) is 2.88. The number of benzene rings is 1. The van der Waals surface area contributed by atoms with Gasteiger partial charge in [0, 0.05) is 18.8 Å². The predicted octanol–water partition coefficient (Wildman–Crippen LogP) is 2.46. The first-order chi connectivity index (χ1) is 9.49. The molecule has 2 amide bonds. The number of nitriles is 1. The lowest BCUT2D eigenvalue weighted by molar-refractivity contribution is 0.0697. The highest BCUT2D eigenvalue weighted by Gasteiger charge is 2.13. The molecule has 106 valence electrons. The second kappa shape index (κ2) is 7.14. The fourth-order valence-corrected chi connectivity index (χ4v) is 1.72. The minimum absolute atomic E-state index is 0.178. The van der Waals surface area contributed by atoms with E-state index in [1.54, 1.807) is 13.0 Å². The summed E-state index contributed by atoms with van der Waals surface area (Å²) in [6.45, 7) is 4.43. The number of carboxylic acids is 1. The second-order valence-corrected chi connectivity index (χ2v) is 4.25. The number of carbonyl (C=O) groups is 2. The lowest BCUT2D eigenvalue weighted by Crippen LogP contribution is -2.35. The number of nitrogens with zero attached hydrogens (tertiary/aromatic N) is 2. The van der Waals surface area contributed by atoms with Gasteiger partial charge < -0.3 is 15.3 Å². The van der Waals surface area contributed by atoms with Gasteiger partial charge in [-0.1, -0.05) is 0 Å². The lowest BCUT2D eigenvalue weighted by Gasteiger charge is -2.20. The van der Waals surface area contributed by atoms with E-state index in [0.29, 0.717) is 24.3 Å². The smallest absolute Gasteiger partial charge is 0.335 e. The maximum atomic E-state index is 12.0. The van der Waals surface area contributed by atoms with Gasteiger partial charge in [-0.25, -0.2) is 9.59 Å². The van der Waals surface area contributed by atoms with E-state index in [4.69, 9.17) is 10.4 Å². The molecule has 0 aliphatic carbocycles. The molecule has 2 N–H and O–H groups in total. The van der Waals surface area contributed by atoms with Crippen LogP contribution in [0.15, 0.2) is 18.2 Å². The van der Waals surface area contributed by atoms with Crippen LogP contribution < -0.4 is 5.32 Å². The van der Waals surface area contributed by atoms with Gasteiger partial charge in [-0.3, -0.25) is 0 Å². The average molecular weight is 275 g/mol. The highest BCUT2D eigenvalue weighted by Crippen LogP contribution is 2.17. The van der Waals surface area contributed by atoms with Crippen molar-refractivity contribution < 1.29 is 14.7 Å². The van der Waals surface area contributed by atoms with Gasteiger partial charge in [0.2, 0.25) is 0 Å². The zero-order valence-electron chi connectivity index (χ0n) is 11.5. The third kappa shape index (κ3) is 3.99. The van der Waals surface area contributed by atoms with Crippen LogP contribution in [0.2, 0.25) is 0 Å². The van der Waals surface area contributed by atoms with Crippen molar-refractivity contribution in [1.82, 2.24) is 4.90 Å². The molecule has 0 aromatic heterocycles. The Balaban J connectivity index is 2.80. The molecule has 0 radical (unpaired) electrons. The Kier molecular flexibility index (Phi) is 5.54. The Morgan fingerprint density at radius 2 is 2.15 bits per heavy atom. The number of carbonyl (C=O) groups excluding carboxylic acids is 1. The monoisotopic (exact) mass is 275 g/mol. The van der Waals surface area contributed by atoms with E-state index >= 15 is 0 Å². The van der Waals surface area contributed by atoms with E-state index in [1.807, 2.05) is 13.0 Å². The Morgan fingerprint density at radius 3 is 2.65 bits per heavy atom. The van der Waals surface area contributed by atoms with Crippen LogP contribution in [0.4, 0.5) is 10.5 Å². The number of hydrogen-bond acceptors (Lipinski definition) is 3. The van der Waals surface area contributed by atoms with E-state index < -0.39 is 5.97 Å². The summed E-state index contributed by atoms with van der Waals surface area (Å²) in [6, 6.07) is 6.21. The van der Waals surface area contributed by atoms with Crippen molar-refractivity contribution >= 4 is 17.7 Å². The fourth-order valence-electron chi connectivity index (χ4n) is 1.72. The molecule has 0 aliphatic rings. The highest BCUT2D eigenvalue weighted by molar-refractivity contribution is 5.92. The van der Waals surface area contributed by atoms with Gasteiger partial charge in [0.05, 0.1) is 18.1 Å². The van der Waals surface area contributed by atoms with Crippen LogP contribution in [0.5, 0.6) is 0 Å². The molecule has 0 heterocycles. The largest absolute Gasteiger partial charge is 0.478 e. The molecule has 6 nitrogen and oxygen atoms in total. The standard InChI is InChI=1S/C14H17N3O3/c1-3-17(8-4-7-15)14(20)16-12-6-5-11(13(18)19)9-10(12)2/h5-6,9H,3-4,8H2,1-2H3,(H,16,20)(H,18,19). The van der Waals surface area contributed by atoms with Crippen LogP contribution in [0, 0.1) is 18.3 Å². The molecule has 0 aliphatic heterocycles. The second-order valence-electron chi connectivity index (χ2n) is 4.25. The van der Waals surface area contributed by atoms with Crippen molar-refractivity contribution in [1.29, 1.82) is 5.26 Å². The molecule has 0 saturated carbocycles. The van der Waals surface area contributed by atoms with Gasteiger partial charge in [-0.05, 0) is 37.6 Å². The number of aromatic carboxylic acids is 1. The van der Waals surface area contributed by atoms with Gasteiger partial charge in [-0.15, -0.1) is 0 Å². The summed E-state index contributed by atoms with van der Waals surface area (Å²) in [6.07, 6.45) is 0.276. The fraction of sp³-hybridized carbons (Fsp3) is 0.357. The van der Waals surface area contributed by atoms with E-state index in [2.05, 4.69) is 5.32 Å². The Bertz CT molecular complexity index is 549. The topological polar surface area (TPSA) is 93.4 Å². The molecule has 0 fully saturated rings. The van der Waals surface area contributed by atoms with Gasteiger partial charge in [0.15, 0.2) is 0 Å². The molecule has 6 heteroatoms. The van der Waals surface area contributed by atoms with Crippen molar-refractivity contribution in [3.63, 3.8) is 0 Å². The van der Waals surface area contributed by atoms with E-state index in [-0.39, 0.29) is 18.0 Å². The first-order valence-corrected chi connectivity index (χ1v) is 6.26. The van der Waals surface area contributed by atoms with E-state index in [1.165, 1.54) is 17.0 Å². The summed E-state index contributed by atoms with van der Waals surface area (Å²) in [5.41, 5.74) is 1.42. The average Bonchev–Trinajstić information content (AvgIpc) is 2.41. The number of anilines is 1. The Hall–Kier alpha value is -2.55. The number of nitrogens with one attached hydrogen (secondary N) is 1. The number of rotatable bonds is 5. The van der Waals surface area contributed by atoms with Gasteiger partial charge >= 0.3 is 12.0 Å².